The molecule has 0 spiro atoms. The Labute approximate surface area is 176 Å². The van der Waals surface area contributed by atoms with Crippen molar-refractivity contribution in [2.75, 3.05) is 18.7 Å². The maximum Gasteiger partial charge on any atom is 0.446 e. The number of hydrogen-bond acceptors (Lipinski definition) is 4. The second kappa shape index (κ2) is 9.66. The van der Waals surface area contributed by atoms with Gasteiger partial charge in [-0.05, 0) is 42.1 Å². The van der Waals surface area contributed by atoms with Gasteiger partial charge in [-0.25, -0.2) is 9.18 Å². The number of urea groups is 1. The van der Waals surface area contributed by atoms with Gasteiger partial charge in [-0.15, -0.1) is 0 Å². The van der Waals surface area contributed by atoms with Crippen LogP contribution in [0.5, 0.6) is 0 Å². The number of hydrogen-bond donors (Lipinski definition) is 1. The first-order valence-electron chi connectivity index (χ1n) is 7.64. The molecular weight excluding hydrogens is 459 g/mol. The van der Waals surface area contributed by atoms with Gasteiger partial charge in [0.15, 0.2) is 0 Å². The van der Waals surface area contributed by atoms with Gasteiger partial charge in [-0.3, -0.25) is 15.0 Å². The van der Waals surface area contributed by atoms with Crippen LogP contribution < -0.4 is 10.2 Å². The van der Waals surface area contributed by atoms with Crippen LogP contribution in [-0.4, -0.2) is 31.3 Å². The number of rotatable bonds is 5. The molecule has 29 heavy (non-hydrogen) atoms. The molecule has 0 radical (unpaired) electrons. The summed E-state index contributed by atoms with van der Waals surface area (Å²) in [6, 6.07) is 5.75. The fourth-order valence-corrected chi connectivity index (χ4v) is 3.35. The van der Waals surface area contributed by atoms with Gasteiger partial charge in [0.2, 0.25) is 0 Å². The van der Waals surface area contributed by atoms with Crippen molar-refractivity contribution in [2.24, 2.45) is 0 Å². The normalized spacial score (nSPS) is 11.3. The zero-order valence-corrected chi connectivity index (χ0v) is 16.8. The van der Waals surface area contributed by atoms with E-state index in [1.54, 1.807) is 0 Å². The van der Waals surface area contributed by atoms with Crippen LogP contribution in [0.1, 0.15) is 10.4 Å². The van der Waals surface area contributed by atoms with E-state index < -0.39 is 52.3 Å². The van der Waals surface area contributed by atoms with Gasteiger partial charge in [0.25, 0.3) is 5.91 Å². The number of amides is 3. The predicted octanol–water partition coefficient (Wildman–Crippen LogP) is 5.70. The van der Waals surface area contributed by atoms with Gasteiger partial charge < -0.3 is 4.74 Å². The topological polar surface area (TPSA) is 58.6 Å². The Kier molecular flexibility index (Phi) is 7.75. The molecular formula is C17H12Cl2F4N2O3S. The number of nitrogens with one attached hydrogen (secondary N) is 1. The molecule has 0 fully saturated rings. The minimum atomic E-state index is -4.60. The summed E-state index contributed by atoms with van der Waals surface area (Å²) in [7, 11) is 1.21. The third-order valence-electron chi connectivity index (χ3n) is 3.36. The third kappa shape index (κ3) is 6.23. The molecule has 3 amide bonds. The molecule has 0 aliphatic rings. The van der Waals surface area contributed by atoms with Gasteiger partial charge in [0.05, 0.1) is 21.3 Å². The van der Waals surface area contributed by atoms with Crippen LogP contribution in [0.4, 0.5) is 28.0 Å². The van der Waals surface area contributed by atoms with E-state index in [0.29, 0.717) is 11.0 Å². The minimum absolute atomic E-state index is 0.0131. The van der Waals surface area contributed by atoms with E-state index >= 15 is 0 Å². The predicted molar refractivity (Wildman–Crippen MR) is 102 cm³/mol. The summed E-state index contributed by atoms with van der Waals surface area (Å²) < 4.78 is 56.5. The highest BCUT2D eigenvalue weighted by atomic mass is 35.5. The Morgan fingerprint density at radius 1 is 1.17 bits per heavy atom. The number of thioether (sulfide) groups is 1. The molecule has 0 aromatic heterocycles. The highest BCUT2D eigenvalue weighted by molar-refractivity contribution is 8.00. The standard InChI is InChI=1S/C17H12Cl2F4N2O3S/c1-28-8-25(13-6-5-9(7-12(13)20)29-17(21,22)23)16(27)24-15(26)14-10(18)3-2-4-11(14)19/h2-7H,8H2,1H3,(H,24,26,27). The number of nitrogens with zero attached hydrogens (tertiary/aromatic N) is 1. The van der Waals surface area contributed by atoms with Crippen molar-refractivity contribution in [3.63, 3.8) is 0 Å². The number of methoxy groups -OCH3 is 1. The van der Waals surface area contributed by atoms with Crippen LogP contribution >= 0.6 is 35.0 Å². The molecule has 5 nitrogen and oxygen atoms in total. The van der Waals surface area contributed by atoms with Gasteiger partial charge in [-0.1, -0.05) is 29.3 Å². The maximum atomic E-state index is 14.4. The van der Waals surface area contributed by atoms with Crippen molar-refractivity contribution in [1.29, 1.82) is 0 Å². The van der Waals surface area contributed by atoms with E-state index in [1.807, 2.05) is 5.32 Å². The Balaban J connectivity index is 2.27. The van der Waals surface area contributed by atoms with Crippen LogP contribution in [0.3, 0.4) is 0 Å². The Morgan fingerprint density at radius 3 is 2.31 bits per heavy atom. The largest absolute Gasteiger partial charge is 0.446 e. The maximum absolute atomic E-state index is 14.4. The lowest BCUT2D eigenvalue weighted by Crippen LogP contribution is -2.44. The fraction of sp³-hybridized carbons (Fsp3) is 0.176. The van der Waals surface area contributed by atoms with Gasteiger partial charge in [0, 0.05) is 12.0 Å². The average Bonchev–Trinajstić information content (AvgIpc) is 2.58. The minimum Gasteiger partial charge on any atom is -0.364 e. The van der Waals surface area contributed by atoms with Crippen LogP contribution in [0.2, 0.25) is 10.0 Å². The number of benzene rings is 2. The lowest BCUT2D eigenvalue weighted by Gasteiger charge is -2.23. The van der Waals surface area contributed by atoms with Crippen molar-refractivity contribution >= 4 is 52.6 Å². The summed E-state index contributed by atoms with van der Waals surface area (Å²) in [5, 5.41) is 1.96. The highest BCUT2D eigenvalue weighted by Gasteiger charge is 2.30. The molecule has 0 aliphatic carbocycles. The number of halogens is 6. The zero-order chi connectivity index (χ0) is 21.8. The number of carbonyl (C=O) groups is 2. The van der Waals surface area contributed by atoms with Crippen LogP contribution in [-0.2, 0) is 4.74 Å². The molecule has 156 valence electrons. The number of ether oxygens (including phenoxy) is 1. The molecule has 0 aliphatic heterocycles. The summed E-state index contributed by atoms with van der Waals surface area (Å²) in [6.07, 6.45) is 0. The first-order valence-corrected chi connectivity index (χ1v) is 9.22. The molecule has 0 heterocycles. The van der Waals surface area contributed by atoms with Crippen molar-refractivity contribution in [3.05, 3.63) is 57.8 Å². The summed E-state index contributed by atoms with van der Waals surface area (Å²) in [5.41, 5.74) is -5.16. The molecule has 0 atom stereocenters. The first kappa shape index (κ1) is 23.3. The molecule has 0 saturated carbocycles. The molecule has 2 aromatic carbocycles. The Hall–Kier alpha value is -2.01. The van der Waals surface area contributed by atoms with Gasteiger partial charge in [-0.2, -0.15) is 13.2 Å². The van der Waals surface area contributed by atoms with Gasteiger partial charge in [0.1, 0.15) is 12.5 Å². The number of imide groups is 1. The van der Waals surface area contributed by atoms with E-state index in [4.69, 9.17) is 27.9 Å². The fourth-order valence-electron chi connectivity index (χ4n) is 2.21. The van der Waals surface area contributed by atoms with Gasteiger partial charge >= 0.3 is 11.5 Å². The van der Waals surface area contributed by atoms with E-state index in [1.165, 1.54) is 25.3 Å². The molecule has 0 unspecified atom stereocenters. The molecule has 2 aromatic rings. The van der Waals surface area contributed by atoms with Crippen molar-refractivity contribution in [3.8, 4) is 0 Å². The van der Waals surface area contributed by atoms with Crippen molar-refractivity contribution in [2.45, 2.75) is 10.4 Å². The Bertz CT molecular complexity index is 908. The van der Waals surface area contributed by atoms with Crippen LogP contribution in [0.25, 0.3) is 0 Å². The van der Waals surface area contributed by atoms with E-state index in [-0.39, 0.29) is 15.6 Å². The summed E-state index contributed by atoms with van der Waals surface area (Å²) in [4.78, 5) is 25.1. The van der Waals surface area contributed by atoms with E-state index in [9.17, 15) is 27.2 Å². The third-order valence-corrected chi connectivity index (χ3v) is 4.71. The number of anilines is 1. The lowest BCUT2D eigenvalue weighted by atomic mass is 10.2. The van der Waals surface area contributed by atoms with Crippen molar-refractivity contribution < 1.29 is 31.9 Å². The van der Waals surface area contributed by atoms with Crippen molar-refractivity contribution in [1.82, 2.24) is 5.32 Å². The Morgan fingerprint density at radius 2 is 1.79 bits per heavy atom. The monoisotopic (exact) mass is 470 g/mol. The molecule has 1 N–H and O–H groups in total. The smallest absolute Gasteiger partial charge is 0.364 e. The van der Waals surface area contributed by atoms with Crippen LogP contribution in [0.15, 0.2) is 41.3 Å². The first-order chi connectivity index (χ1) is 13.5. The highest BCUT2D eigenvalue weighted by Crippen LogP contribution is 2.38. The number of alkyl halides is 3. The molecule has 0 bridgehead atoms. The number of carbonyl (C=O) groups excluding carboxylic acids is 2. The summed E-state index contributed by atoms with van der Waals surface area (Å²) in [5.74, 6) is -2.06. The van der Waals surface area contributed by atoms with Crippen LogP contribution in [0, 0.1) is 5.82 Å². The molecule has 0 saturated heterocycles. The second-order valence-electron chi connectivity index (χ2n) is 5.36. The molecule has 2 rings (SSSR count). The summed E-state index contributed by atoms with van der Waals surface area (Å²) in [6.45, 7) is -0.488. The lowest BCUT2D eigenvalue weighted by molar-refractivity contribution is -0.0328. The second-order valence-corrected chi connectivity index (χ2v) is 7.32. The quantitative estimate of drug-likeness (QED) is 0.345. The van der Waals surface area contributed by atoms with E-state index in [0.717, 1.165) is 12.1 Å². The average molecular weight is 471 g/mol. The summed E-state index contributed by atoms with van der Waals surface area (Å²) >= 11 is 11.3. The van der Waals surface area contributed by atoms with E-state index in [2.05, 4.69) is 0 Å². The SMILES string of the molecule is COCN(C(=O)NC(=O)c1c(Cl)cccc1Cl)c1ccc(SC(F)(F)F)cc1F. The zero-order valence-electron chi connectivity index (χ0n) is 14.5. The molecule has 12 heteroatoms.